The highest BCUT2D eigenvalue weighted by Gasteiger charge is 2.35. The molecule has 2 aromatic rings. The fraction of sp³-hybridized carbons (Fsp3) is 0.200. The van der Waals surface area contributed by atoms with Gasteiger partial charge in [-0.25, -0.2) is 4.79 Å². The quantitative estimate of drug-likeness (QED) is 0.666. The van der Waals surface area contributed by atoms with Crippen LogP contribution in [0.3, 0.4) is 0 Å². The van der Waals surface area contributed by atoms with Gasteiger partial charge in [0.2, 0.25) is 0 Å². The minimum absolute atomic E-state index is 0.646. The lowest BCUT2D eigenvalue weighted by Crippen LogP contribution is -2.46. The summed E-state index contributed by atoms with van der Waals surface area (Å²) in [5, 5.41) is 11.4. The van der Waals surface area contributed by atoms with E-state index in [0.717, 1.165) is 23.1 Å². The lowest BCUT2D eigenvalue weighted by molar-refractivity contribution is -0.112. The Hall–Kier alpha value is -2.88. The number of fused-ring (bicyclic) bond motifs is 1. The van der Waals surface area contributed by atoms with Gasteiger partial charge in [0.1, 0.15) is 5.54 Å². The molecule has 0 fully saturated rings. The molecule has 4 nitrogen and oxygen atoms in total. The molecule has 1 atom stereocenters. The number of benzene rings is 2. The van der Waals surface area contributed by atoms with Gasteiger partial charge < -0.3 is 10.4 Å². The summed E-state index contributed by atoms with van der Waals surface area (Å²) in [6, 6.07) is 14.2. The average Bonchev–Trinajstić information content (AvgIpc) is 2.61. The largest absolute Gasteiger partial charge is 0.465 e. The predicted molar refractivity (Wildman–Crippen MR) is 93.0 cm³/mol. The van der Waals surface area contributed by atoms with Crippen LogP contribution in [0.15, 0.2) is 54.6 Å². The number of carboxylic acid groups (broad SMARTS) is 1. The topological polar surface area (TPSA) is 66.4 Å². The minimum atomic E-state index is -1.30. The van der Waals surface area contributed by atoms with Crippen LogP contribution in [0.1, 0.15) is 23.6 Å². The van der Waals surface area contributed by atoms with Crippen molar-refractivity contribution in [2.45, 2.75) is 25.3 Å². The van der Waals surface area contributed by atoms with Crippen molar-refractivity contribution in [1.82, 2.24) is 5.32 Å². The van der Waals surface area contributed by atoms with E-state index in [4.69, 9.17) is 5.11 Å². The molecule has 3 rings (SSSR count). The van der Waals surface area contributed by atoms with E-state index in [2.05, 4.69) is 30.4 Å². The van der Waals surface area contributed by atoms with Crippen molar-refractivity contribution in [3.8, 4) is 11.1 Å². The maximum atomic E-state index is 11.6. The van der Waals surface area contributed by atoms with E-state index in [1.807, 2.05) is 30.3 Å². The van der Waals surface area contributed by atoms with Gasteiger partial charge >= 0.3 is 6.09 Å². The molecule has 0 unspecified atom stereocenters. The van der Waals surface area contributed by atoms with Crippen molar-refractivity contribution in [3.63, 3.8) is 0 Å². The van der Waals surface area contributed by atoms with Gasteiger partial charge in [0, 0.05) is 0 Å². The normalized spacial score (nSPS) is 18.7. The number of carbonyl (C=O) groups is 2. The van der Waals surface area contributed by atoms with E-state index >= 15 is 0 Å². The van der Waals surface area contributed by atoms with Crippen molar-refractivity contribution < 1.29 is 14.7 Å². The first-order valence-electron chi connectivity index (χ1n) is 7.96. The van der Waals surface area contributed by atoms with E-state index in [9.17, 15) is 9.59 Å². The number of amides is 1. The van der Waals surface area contributed by atoms with Gasteiger partial charge in [-0.1, -0.05) is 61.5 Å². The Kier molecular flexibility index (Phi) is 4.21. The second kappa shape index (κ2) is 6.32. The molecular weight excluding hydrogens is 302 g/mol. The zero-order chi connectivity index (χ0) is 17.2. The Labute approximate surface area is 140 Å². The highest BCUT2D eigenvalue weighted by atomic mass is 16.4. The molecule has 4 heteroatoms. The second-order valence-electron chi connectivity index (χ2n) is 5.95. The number of allylic oxidation sites excluding steroid dienone is 1. The number of hydrogen-bond donors (Lipinski definition) is 2. The molecular formula is C20H19NO3. The lowest BCUT2D eigenvalue weighted by Gasteiger charge is -2.30. The summed E-state index contributed by atoms with van der Waals surface area (Å²) >= 11 is 0. The van der Waals surface area contributed by atoms with Crippen LogP contribution in [-0.2, 0) is 23.2 Å². The zero-order valence-corrected chi connectivity index (χ0v) is 13.5. The Morgan fingerprint density at radius 1 is 1.25 bits per heavy atom. The summed E-state index contributed by atoms with van der Waals surface area (Å²) in [4.78, 5) is 22.7. The van der Waals surface area contributed by atoms with Crippen LogP contribution < -0.4 is 5.32 Å². The zero-order valence-electron chi connectivity index (χ0n) is 13.5. The summed E-state index contributed by atoms with van der Waals surface area (Å²) in [5.74, 6) is 0. The third-order valence-electron chi connectivity index (χ3n) is 4.44. The van der Waals surface area contributed by atoms with E-state index in [1.165, 1.54) is 5.56 Å². The van der Waals surface area contributed by atoms with Gasteiger partial charge in [-0.2, -0.15) is 0 Å². The van der Waals surface area contributed by atoms with Crippen LogP contribution in [0.25, 0.3) is 11.1 Å². The monoisotopic (exact) mass is 321 g/mol. The third kappa shape index (κ3) is 2.83. The predicted octanol–water partition coefficient (Wildman–Crippen LogP) is 3.69. The molecule has 0 saturated carbocycles. The van der Waals surface area contributed by atoms with E-state index < -0.39 is 11.6 Å². The first-order valence-corrected chi connectivity index (χ1v) is 7.96. The van der Waals surface area contributed by atoms with Gasteiger partial charge in [0.25, 0.3) is 0 Å². The maximum absolute atomic E-state index is 11.6. The Morgan fingerprint density at radius 2 is 2.04 bits per heavy atom. The van der Waals surface area contributed by atoms with Crippen molar-refractivity contribution in [1.29, 1.82) is 0 Å². The van der Waals surface area contributed by atoms with Crippen molar-refractivity contribution in [3.05, 3.63) is 71.3 Å². The highest BCUT2D eigenvalue weighted by Crippen LogP contribution is 2.33. The number of nitrogens with one attached hydrogen (secondary N) is 1. The van der Waals surface area contributed by atoms with Crippen LogP contribution in [0, 0.1) is 0 Å². The van der Waals surface area contributed by atoms with Gasteiger partial charge in [-0.15, -0.1) is 0 Å². The van der Waals surface area contributed by atoms with E-state index in [1.54, 1.807) is 6.08 Å². The van der Waals surface area contributed by atoms with Crippen molar-refractivity contribution in [2.75, 3.05) is 0 Å². The summed E-state index contributed by atoms with van der Waals surface area (Å²) in [6.45, 7) is 2.12. The van der Waals surface area contributed by atoms with Crippen LogP contribution >= 0.6 is 0 Å². The van der Waals surface area contributed by atoms with E-state index in [0.29, 0.717) is 18.3 Å². The van der Waals surface area contributed by atoms with E-state index in [-0.39, 0.29) is 0 Å². The molecule has 0 radical (unpaired) electrons. The van der Waals surface area contributed by atoms with Crippen LogP contribution in [0.2, 0.25) is 0 Å². The highest BCUT2D eigenvalue weighted by molar-refractivity contribution is 5.81. The fourth-order valence-corrected chi connectivity index (χ4v) is 3.20. The Bertz CT molecular complexity index is 825. The standard InChI is InChI=1S/C20H19NO3/c1-2-14-5-3-6-15(11-14)16-8-9-18-17(12-16)7-4-10-20(18,13-22)21-19(23)24/h3-6,8-13,21H,2,7H2,1H3,(H,23,24)/t20-/m1/s1. The Morgan fingerprint density at radius 3 is 2.75 bits per heavy atom. The smallest absolute Gasteiger partial charge is 0.405 e. The van der Waals surface area contributed by atoms with Gasteiger partial charge in [-0.05, 0) is 40.7 Å². The molecule has 0 spiro atoms. The molecule has 122 valence electrons. The van der Waals surface area contributed by atoms with Crippen LogP contribution in [0.4, 0.5) is 4.79 Å². The summed E-state index contributed by atoms with van der Waals surface area (Å²) < 4.78 is 0. The minimum Gasteiger partial charge on any atom is -0.465 e. The summed E-state index contributed by atoms with van der Waals surface area (Å²) in [5.41, 5.74) is 3.79. The molecule has 0 bridgehead atoms. The molecule has 0 saturated heterocycles. The van der Waals surface area contributed by atoms with Crippen LogP contribution in [0.5, 0.6) is 0 Å². The number of aldehydes is 1. The molecule has 1 aliphatic carbocycles. The third-order valence-corrected chi connectivity index (χ3v) is 4.44. The fourth-order valence-electron chi connectivity index (χ4n) is 3.20. The first kappa shape index (κ1) is 16.0. The molecule has 24 heavy (non-hydrogen) atoms. The van der Waals surface area contributed by atoms with Crippen molar-refractivity contribution in [2.24, 2.45) is 0 Å². The molecule has 0 aliphatic heterocycles. The van der Waals surface area contributed by atoms with Crippen molar-refractivity contribution >= 4 is 12.4 Å². The molecule has 2 aromatic carbocycles. The molecule has 0 aromatic heterocycles. The molecule has 2 N–H and O–H groups in total. The van der Waals surface area contributed by atoms with Gasteiger partial charge in [0.05, 0.1) is 0 Å². The lowest BCUT2D eigenvalue weighted by atomic mass is 9.81. The first-order chi connectivity index (χ1) is 11.6. The number of hydrogen-bond acceptors (Lipinski definition) is 2. The maximum Gasteiger partial charge on any atom is 0.405 e. The summed E-state index contributed by atoms with van der Waals surface area (Å²) in [7, 11) is 0. The Balaban J connectivity index is 2.06. The molecule has 1 aliphatic rings. The van der Waals surface area contributed by atoms with Gasteiger partial charge in [-0.3, -0.25) is 4.79 Å². The van der Waals surface area contributed by atoms with Crippen LogP contribution in [-0.4, -0.2) is 17.5 Å². The van der Waals surface area contributed by atoms with Gasteiger partial charge in [0.15, 0.2) is 6.29 Å². The molecule has 0 heterocycles. The second-order valence-corrected chi connectivity index (χ2v) is 5.95. The average molecular weight is 321 g/mol. The number of aryl methyl sites for hydroxylation is 1. The SMILES string of the molecule is CCc1cccc(-c2ccc3c(c2)CC=C[C@]3(C=O)NC(=O)O)c1. The summed E-state index contributed by atoms with van der Waals surface area (Å²) in [6.07, 6.45) is 4.52. The molecule has 1 amide bonds. The number of rotatable bonds is 4. The number of carbonyl (C=O) groups excluding carboxylic acids is 1.